The third-order valence-corrected chi connectivity index (χ3v) is 4.54. The Balaban J connectivity index is 1.93. The lowest BCUT2D eigenvalue weighted by atomic mass is 9.80. The van der Waals surface area contributed by atoms with Gasteiger partial charge < -0.3 is 9.47 Å². The highest BCUT2D eigenvalue weighted by molar-refractivity contribution is 6.00. The molecule has 0 bridgehead atoms. The van der Waals surface area contributed by atoms with Crippen LogP contribution in [0.1, 0.15) is 35.4 Å². The van der Waals surface area contributed by atoms with Gasteiger partial charge >= 0.3 is 0 Å². The van der Waals surface area contributed by atoms with Gasteiger partial charge in [0.1, 0.15) is 11.5 Å². The van der Waals surface area contributed by atoms with Crippen LogP contribution >= 0.6 is 0 Å². The number of carbonyl (C=O) groups is 1. The first kappa shape index (κ1) is 16.3. The highest BCUT2D eigenvalue weighted by Crippen LogP contribution is 2.39. The van der Waals surface area contributed by atoms with Crippen molar-refractivity contribution in [3.8, 4) is 11.5 Å². The molecule has 0 aromatic heterocycles. The molecule has 3 rings (SSSR count). The van der Waals surface area contributed by atoms with E-state index in [-0.39, 0.29) is 11.7 Å². The number of ketones is 1. The largest absolute Gasteiger partial charge is 0.497 e. The number of methoxy groups -OCH3 is 2. The zero-order valence-electron chi connectivity index (χ0n) is 14.3. The van der Waals surface area contributed by atoms with Crippen molar-refractivity contribution >= 4 is 11.4 Å². The Morgan fingerprint density at radius 3 is 2.38 bits per heavy atom. The van der Waals surface area contributed by atoms with E-state index >= 15 is 0 Å². The van der Waals surface area contributed by atoms with Crippen molar-refractivity contribution in [1.29, 1.82) is 0 Å². The van der Waals surface area contributed by atoms with Gasteiger partial charge in [-0.3, -0.25) is 4.79 Å². The van der Waals surface area contributed by atoms with Crippen LogP contribution < -0.4 is 9.47 Å². The molecule has 0 amide bonds. The minimum absolute atomic E-state index is 0.167. The Hall–Kier alpha value is -2.55. The summed E-state index contributed by atoms with van der Waals surface area (Å²) in [6.07, 6.45) is 3.15. The van der Waals surface area contributed by atoms with Crippen LogP contribution in [-0.2, 0) is 4.79 Å². The standard InChI is InChI=1S/C21H22O3/c1-14-4-9-21(24-3)20(10-14)17-11-16(12-18(22)13-17)15-5-7-19(23-2)8-6-15/h4-10,13,16H,11-12H2,1-3H3. The van der Waals surface area contributed by atoms with Gasteiger partial charge in [0.15, 0.2) is 5.78 Å². The molecule has 0 saturated carbocycles. The van der Waals surface area contributed by atoms with Crippen LogP contribution in [0.5, 0.6) is 11.5 Å². The molecule has 0 spiro atoms. The third kappa shape index (κ3) is 3.35. The lowest BCUT2D eigenvalue weighted by Crippen LogP contribution is -2.13. The van der Waals surface area contributed by atoms with Gasteiger partial charge in [-0.25, -0.2) is 0 Å². The molecule has 0 fully saturated rings. The second kappa shape index (κ2) is 6.91. The molecule has 0 heterocycles. The molecule has 1 unspecified atom stereocenters. The third-order valence-electron chi connectivity index (χ3n) is 4.54. The van der Waals surface area contributed by atoms with Gasteiger partial charge in [-0.05, 0) is 60.7 Å². The summed E-state index contributed by atoms with van der Waals surface area (Å²) in [6, 6.07) is 14.1. The van der Waals surface area contributed by atoms with Crippen LogP contribution in [0.15, 0.2) is 48.5 Å². The van der Waals surface area contributed by atoms with Gasteiger partial charge in [0, 0.05) is 12.0 Å². The van der Waals surface area contributed by atoms with Crippen molar-refractivity contribution in [3.05, 3.63) is 65.2 Å². The van der Waals surface area contributed by atoms with Crippen molar-refractivity contribution in [2.75, 3.05) is 14.2 Å². The molecule has 124 valence electrons. The SMILES string of the molecule is COc1ccc(C2CC(=O)C=C(c3cc(C)ccc3OC)C2)cc1. The highest BCUT2D eigenvalue weighted by Gasteiger charge is 2.24. The van der Waals surface area contributed by atoms with Gasteiger partial charge in [0.25, 0.3) is 0 Å². The fraction of sp³-hybridized carbons (Fsp3) is 0.286. The summed E-state index contributed by atoms with van der Waals surface area (Å²) >= 11 is 0. The number of ether oxygens (including phenoxy) is 2. The first-order valence-corrected chi connectivity index (χ1v) is 8.13. The minimum Gasteiger partial charge on any atom is -0.497 e. The Bertz CT molecular complexity index is 772. The average molecular weight is 322 g/mol. The number of benzene rings is 2. The second-order valence-corrected chi connectivity index (χ2v) is 6.22. The predicted octanol–water partition coefficient (Wildman–Crippen LogP) is 4.54. The summed E-state index contributed by atoms with van der Waals surface area (Å²) < 4.78 is 10.7. The predicted molar refractivity (Wildman–Crippen MR) is 95.7 cm³/mol. The fourth-order valence-electron chi connectivity index (χ4n) is 3.26. The Kier molecular flexibility index (Phi) is 4.70. The normalized spacial score (nSPS) is 17.4. The molecule has 0 radical (unpaired) electrons. The maximum Gasteiger partial charge on any atom is 0.156 e. The maximum atomic E-state index is 12.3. The Labute approximate surface area is 142 Å². The van der Waals surface area contributed by atoms with Crippen LogP contribution in [-0.4, -0.2) is 20.0 Å². The zero-order valence-corrected chi connectivity index (χ0v) is 14.3. The molecule has 2 aromatic rings. The van der Waals surface area contributed by atoms with Crippen LogP contribution in [0.25, 0.3) is 5.57 Å². The van der Waals surface area contributed by atoms with Crippen molar-refractivity contribution in [3.63, 3.8) is 0 Å². The van der Waals surface area contributed by atoms with Gasteiger partial charge in [-0.1, -0.05) is 23.8 Å². The number of rotatable bonds is 4. The molecule has 3 nitrogen and oxygen atoms in total. The van der Waals surface area contributed by atoms with Crippen LogP contribution in [0.4, 0.5) is 0 Å². The molecule has 1 aliphatic carbocycles. The number of carbonyl (C=O) groups excluding carboxylic acids is 1. The lowest BCUT2D eigenvalue weighted by molar-refractivity contribution is -0.115. The summed E-state index contributed by atoms with van der Waals surface area (Å²) in [5, 5.41) is 0. The van der Waals surface area contributed by atoms with E-state index in [1.54, 1.807) is 20.3 Å². The zero-order chi connectivity index (χ0) is 17.1. The first-order chi connectivity index (χ1) is 11.6. The molecule has 0 saturated heterocycles. The lowest BCUT2D eigenvalue weighted by Gasteiger charge is -2.24. The quantitative estimate of drug-likeness (QED) is 0.829. The molecular formula is C21H22O3. The summed E-state index contributed by atoms with van der Waals surface area (Å²) in [4.78, 5) is 12.3. The summed E-state index contributed by atoms with van der Waals surface area (Å²) in [6.45, 7) is 2.05. The Morgan fingerprint density at radius 2 is 1.71 bits per heavy atom. The van der Waals surface area contributed by atoms with E-state index < -0.39 is 0 Å². The Morgan fingerprint density at radius 1 is 0.958 bits per heavy atom. The summed E-state index contributed by atoms with van der Waals surface area (Å²) in [5.74, 6) is 2.00. The number of aryl methyl sites for hydroxylation is 1. The summed E-state index contributed by atoms with van der Waals surface area (Å²) in [7, 11) is 3.32. The molecule has 1 atom stereocenters. The van der Waals surface area contributed by atoms with Crippen molar-refractivity contribution in [2.45, 2.75) is 25.7 Å². The topological polar surface area (TPSA) is 35.5 Å². The average Bonchev–Trinajstić information content (AvgIpc) is 2.61. The van der Waals surface area contributed by atoms with Gasteiger partial charge in [-0.15, -0.1) is 0 Å². The van der Waals surface area contributed by atoms with Crippen molar-refractivity contribution < 1.29 is 14.3 Å². The van der Waals surface area contributed by atoms with E-state index in [1.165, 1.54) is 5.56 Å². The van der Waals surface area contributed by atoms with Gasteiger partial charge in [0.2, 0.25) is 0 Å². The highest BCUT2D eigenvalue weighted by atomic mass is 16.5. The number of hydrogen-bond acceptors (Lipinski definition) is 3. The first-order valence-electron chi connectivity index (χ1n) is 8.13. The second-order valence-electron chi connectivity index (χ2n) is 6.22. The van der Waals surface area contributed by atoms with Crippen molar-refractivity contribution in [1.82, 2.24) is 0 Å². The molecule has 0 N–H and O–H groups in total. The molecule has 3 heteroatoms. The fourth-order valence-corrected chi connectivity index (χ4v) is 3.26. The van der Waals surface area contributed by atoms with Crippen LogP contribution in [0, 0.1) is 6.92 Å². The molecule has 0 aliphatic heterocycles. The van der Waals surface area contributed by atoms with E-state index in [0.717, 1.165) is 34.6 Å². The number of allylic oxidation sites excluding steroid dienone is 2. The molecule has 24 heavy (non-hydrogen) atoms. The van der Waals surface area contributed by atoms with Gasteiger partial charge in [-0.2, -0.15) is 0 Å². The van der Waals surface area contributed by atoms with Crippen LogP contribution in [0.3, 0.4) is 0 Å². The van der Waals surface area contributed by atoms with E-state index in [0.29, 0.717) is 6.42 Å². The van der Waals surface area contributed by atoms with E-state index in [9.17, 15) is 4.79 Å². The molecule has 1 aliphatic rings. The monoisotopic (exact) mass is 322 g/mol. The van der Waals surface area contributed by atoms with E-state index in [2.05, 4.69) is 13.0 Å². The minimum atomic E-state index is 0.167. The molecular weight excluding hydrogens is 300 g/mol. The summed E-state index contributed by atoms with van der Waals surface area (Å²) in [5.41, 5.74) is 4.39. The van der Waals surface area contributed by atoms with E-state index in [1.807, 2.05) is 36.4 Å². The smallest absolute Gasteiger partial charge is 0.156 e. The van der Waals surface area contributed by atoms with E-state index in [4.69, 9.17) is 9.47 Å². The van der Waals surface area contributed by atoms with Gasteiger partial charge in [0.05, 0.1) is 14.2 Å². The van der Waals surface area contributed by atoms with Crippen LogP contribution in [0.2, 0.25) is 0 Å². The van der Waals surface area contributed by atoms with Crippen molar-refractivity contribution in [2.24, 2.45) is 0 Å². The maximum absolute atomic E-state index is 12.3. The number of hydrogen-bond donors (Lipinski definition) is 0. The molecule has 2 aromatic carbocycles.